The number of nitrogens with one attached hydrogen (secondary N) is 2. The lowest BCUT2D eigenvalue weighted by atomic mass is 9.88. The fourth-order valence-corrected chi connectivity index (χ4v) is 2.76. The molecule has 1 amide bonds. The van der Waals surface area contributed by atoms with Gasteiger partial charge in [-0.15, -0.1) is 5.10 Å². The van der Waals surface area contributed by atoms with E-state index in [9.17, 15) is 4.79 Å². The molecule has 0 saturated carbocycles. The first-order chi connectivity index (χ1) is 10.1. The SMILES string of the molecule is CC(C)c1nc(C(=O)NC2CCCc3ccccc32)n[nH]1. The van der Waals surface area contributed by atoms with Crippen molar-refractivity contribution in [2.24, 2.45) is 0 Å². The van der Waals surface area contributed by atoms with E-state index in [0.717, 1.165) is 25.1 Å². The molecule has 1 aromatic carbocycles. The number of nitrogens with zero attached hydrogens (tertiary/aromatic N) is 2. The Bertz CT molecular complexity index is 647. The van der Waals surface area contributed by atoms with Gasteiger partial charge in [0.25, 0.3) is 5.91 Å². The minimum absolute atomic E-state index is 0.0587. The molecule has 0 bridgehead atoms. The topological polar surface area (TPSA) is 70.7 Å². The predicted molar refractivity (Wildman–Crippen MR) is 80.1 cm³/mol. The molecule has 2 aromatic rings. The summed E-state index contributed by atoms with van der Waals surface area (Å²) in [5.74, 6) is 0.986. The van der Waals surface area contributed by atoms with Crippen molar-refractivity contribution < 1.29 is 4.79 Å². The minimum atomic E-state index is -0.208. The van der Waals surface area contributed by atoms with Crippen molar-refractivity contribution in [3.05, 3.63) is 47.0 Å². The maximum atomic E-state index is 12.3. The Morgan fingerprint density at radius 1 is 1.38 bits per heavy atom. The van der Waals surface area contributed by atoms with Crippen molar-refractivity contribution in [3.63, 3.8) is 0 Å². The first kappa shape index (κ1) is 13.8. The van der Waals surface area contributed by atoms with Gasteiger partial charge in [0.2, 0.25) is 5.82 Å². The van der Waals surface area contributed by atoms with Gasteiger partial charge in [-0.05, 0) is 30.4 Å². The van der Waals surface area contributed by atoms with E-state index in [1.165, 1.54) is 11.1 Å². The Kier molecular flexibility index (Phi) is 3.73. The van der Waals surface area contributed by atoms with Crippen LogP contribution in [-0.2, 0) is 6.42 Å². The van der Waals surface area contributed by atoms with E-state index < -0.39 is 0 Å². The Morgan fingerprint density at radius 3 is 2.95 bits per heavy atom. The maximum Gasteiger partial charge on any atom is 0.291 e. The number of rotatable bonds is 3. The Morgan fingerprint density at radius 2 is 2.19 bits per heavy atom. The number of hydrogen-bond acceptors (Lipinski definition) is 3. The van der Waals surface area contributed by atoms with Gasteiger partial charge in [0.05, 0.1) is 6.04 Å². The zero-order valence-corrected chi connectivity index (χ0v) is 12.4. The van der Waals surface area contributed by atoms with Crippen LogP contribution in [0.25, 0.3) is 0 Å². The highest BCUT2D eigenvalue weighted by Crippen LogP contribution is 2.29. The molecule has 3 rings (SSSR count). The lowest BCUT2D eigenvalue weighted by Gasteiger charge is -2.25. The predicted octanol–water partition coefficient (Wildman–Crippen LogP) is 2.74. The molecule has 0 radical (unpaired) electrons. The number of carbonyl (C=O) groups excluding carboxylic acids is 1. The van der Waals surface area contributed by atoms with Gasteiger partial charge in [-0.1, -0.05) is 38.1 Å². The lowest BCUT2D eigenvalue weighted by Crippen LogP contribution is -2.31. The van der Waals surface area contributed by atoms with Crippen LogP contribution in [0.15, 0.2) is 24.3 Å². The molecule has 5 nitrogen and oxygen atoms in total. The highest BCUT2D eigenvalue weighted by Gasteiger charge is 2.23. The number of aromatic amines is 1. The molecular weight excluding hydrogens is 264 g/mol. The van der Waals surface area contributed by atoms with Gasteiger partial charge in [0.15, 0.2) is 0 Å². The molecule has 2 N–H and O–H groups in total. The third kappa shape index (κ3) is 2.82. The molecule has 1 heterocycles. The molecular formula is C16H20N4O. The van der Waals surface area contributed by atoms with E-state index >= 15 is 0 Å². The number of benzene rings is 1. The second-order valence-electron chi connectivity index (χ2n) is 5.82. The molecule has 1 aromatic heterocycles. The lowest BCUT2D eigenvalue weighted by molar-refractivity contribution is 0.0922. The van der Waals surface area contributed by atoms with Gasteiger partial charge in [-0.25, -0.2) is 4.98 Å². The average molecular weight is 284 g/mol. The molecule has 0 aliphatic heterocycles. The van der Waals surface area contributed by atoms with Crippen molar-refractivity contribution in [3.8, 4) is 0 Å². The van der Waals surface area contributed by atoms with Gasteiger partial charge < -0.3 is 5.32 Å². The molecule has 0 spiro atoms. The summed E-state index contributed by atoms with van der Waals surface area (Å²) in [4.78, 5) is 16.6. The van der Waals surface area contributed by atoms with Crippen LogP contribution < -0.4 is 5.32 Å². The molecule has 0 fully saturated rings. The molecule has 1 aliphatic rings. The first-order valence-electron chi connectivity index (χ1n) is 7.46. The Balaban J connectivity index is 1.76. The largest absolute Gasteiger partial charge is 0.342 e. The Labute approximate surface area is 124 Å². The maximum absolute atomic E-state index is 12.3. The highest BCUT2D eigenvalue weighted by molar-refractivity contribution is 5.90. The van der Waals surface area contributed by atoms with E-state index in [0.29, 0.717) is 0 Å². The molecule has 21 heavy (non-hydrogen) atoms. The fourth-order valence-electron chi connectivity index (χ4n) is 2.76. The van der Waals surface area contributed by atoms with Crippen molar-refractivity contribution in [1.29, 1.82) is 0 Å². The normalized spacial score (nSPS) is 17.6. The molecule has 110 valence electrons. The summed E-state index contributed by atoms with van der Waals surface area (Å²) in [6, 6.07) is 8.36. The summed E-state index contributed by atoms with van der Waals surface area (Å²) < 4.78 is 0. The summed E-state index contributed by atoms with van der Waals surface area (Å²) in [6.45, 7) is 4.03. The summed E-state index contributed by atoms with van der Waals surface area (Å²) in [5.41, 5.74) is 2.55. The van der Waals surface area contributed by atoms with Crippen LogP contribution in [0.2, 0.25) is 0 Å². The third-order valence-electron chi connectivity index (χ3n) is 3.93. The summed E-state index contributed by atoms with van der Waals surface area (Å²) in [5, 5.41) is 9.89. The van der Waals surface area contributed by atoms with E-state index in [2.05, 4.69) is 32.6 Å². The van der Waals surface area contributed by atoms with Crippen LogP contribution in [0.5, 0.6) is 0 Å². The standard InChI is InChI=1S/C16H20N4O/c1-10(2)14-18-15(20-19-14)16(21)17-13-9-5-7-11-6-3-4-8-12(11)13/h3-4,6,8,10,13H,5,7,9H2,1-2H3,(H,17,21)(H,18,19,20). The summed E-state index contributed by atoms with van der Waals surface area (Å²) >= 11 is 0. The van der Waals surface area contributed by atoms with Crippen molar-refractivity contribution in [2.75, 3.05) is 0 Å². The quantitative estimate of drug-likeness (QED) is 0.910. The van der Waals surface area contributed by atoms with Gasteiger partial charge >= 0.3 is 0 Å². The minimum Gasteiger partial charge on any atom is -0.342 e. The van der Waals surface area contributed by atoms with Gasteiger partial charge in [-0.2, -0.15) is 0 Å². The average Bonchev–Trinajstić information content (AvgIpc) is 2.98. The molecule has 5 heteroatoms. The van der Waals surface area contributed by atoms with Crippen LogP contribution in [0.3, 0.4) is 0 Å². The second kappa shape index (κ2) is 5.68. The molecule has 0 saturated heterocycles. The highest BCUT2D eigenvalue weighted by atomic mass is 16.2. The molecule has 1 unspecified atom stereocenters. The summed E-state index contributed by atoms with van der Waals surface area (Å²) in [6.07, 6.45) is 3.14. The smallest absolute Gasteiger partial charge is 0.291 e. The number of carbonyl (C=O) groups is 1. The third-order valence-corrected chi connectivity index (χ3v) is 3.93. The van der Waals surface area contributed by atoms with Crippen molar-refractivity contribution in [1.82, 2.24) is 20.5 Å². The fraction of sp³-hybridized carbons (Fsp3) is 0.438. The number of H-pyrrole nitrogens is 1. The molecule has 1 aliphatic carbocycles. The van der Waals surface area contributed by atoms with E-state index in [-0.39, 0.29) is 23.7 Å². The van der Waals surface area contributed by atoms with Crippen molar-refractivity contribution >= 4 is 5.91 Å². The van der Waals surface area contributed by atoms with E-state index in [1.807, 2.05) is 26.0 Å². The number of amides is 1. The first-order valence-corrected chi connectivity index (χ1v) is 7.46. The monoisotopic (exact) mass is 284 g/mol. The second-order valence-corrected chi connectivity index (χ2v) is 5.82. The van der Waals surface area contributed by atoms with Crippen LogP contribution in [0.1, 0.15) is 66.2 Å². The van der Waals surface area contributed by atoms with Crippen molar-refractivity contribution in [2.45, 2.75) is 45.1 Å². The molecule has 1 atom stereocenters. The van der Waals surface area contributed by atoms with Gasteiger partial charge in [0, 0.05) is 5.92 Å². The number of fused-ring (bicyclic) bond motifs is 1. The Hall–Kier alpha value is -2.17. The van der Waals surface area contributed by atoms with Crippen LogP contribution >= 0.6 is 0 Å². The van der Waals surface area contributed by atoms with Crippen LogP contribution in [0, 0.1) is 0 Å². The zero-order chi connectivity index (χ0) is 14.8. The van der Waals surface area contributed by atoms with E-state index in [1.54, 1.807) is 0 Å². The van der Waals surface area contributed by atoms with Crippen LogP contribution in [-0.4, -0.2) is 21.1 Å². The zero-order valence-electron chi connectivity index (χ0n) is 12.4. The number of aromatic nitrogens is 3. The summed E-state index contributed by atoms with van der Waals surface area (Å²) in [7, 11) is 0. The van der Waals surface area contributed by atoms with Gasteiger partial charge in [0.1, 0.15) is 5.82 Å². The van der Waals surface area contributed by atoms with Crippen LogP contribution in [0.4, 0.5) is 0 Å². The number of aryl methyl sites for hydroxylation is 1. The number of hydrogen-bond donors (Lipinski definition) is 2. The van der Waals surface area contributed by atoms with Gasteiger partial charge in [-0.3, -0.25) is 9.89 Å². The van der Waals surface area contributed by atoms with E-state index in [4.69, 9.17) is 0 Å².